The Bertz CT molecular complexity index is 452. The van der Waals surface area contributed by atoms with Gasteiger partial charge in [-0.1, -0.05) is 54.1 Å². The van der Waals surface area contributed by atoms with E-state index < -0.39 is 0 Å². The van der Waals surface area contributed by atoms with E-state index in [4.69, 9.17) is 5.73 Å². The van der Waals surface area contributed by atoms with Gasteiger partial charge in [-0.3, -0.25) is 0 Å². The summed E-state index contributed by atoms with van der Waals surface area (Å²) in [4.78, 5) is 0. The Morgan fingerprint density at radius 3 is 1.69 bits per heavy atom. The van der Waals surface area contributed by atoms with Gasteiger partial charge in [-0.25, -0.2) is 0 Å². The minimum Gasteiger partial charge on any atom is -0.324 e. The lowest BCUT2D eigenvalue weighted by Crippen LogP contribution is -2.04. The lowest BCUT2D eigenvalue weighted by Gasteiger charge is -2.07. The molecule has 1 nitrogen and oxygen atoms in total. The predicted octanol–water partition coefficient (Wildman–Crippen LogP) is 3.68. The molecule has 2 N–H and O–H groups in total. The van der Waals surface area contributed by atoms with Crippen molar-refractivity contribution in [1.29, 1.82) is 0 Å². The largest absolute Gasteiger partial charge is 0.324 e. The number of aryl methyl sites for hydroxylation is 1. The van der Waals surface area contributed by atoms with Crippen LogP contribution in [0.2, 0.25) is 0 Å². The Hall–Kier alpha value is -1.60. The molecule has 0 spiro atoms. The summed E-state index contributed by atoms with van der Waals surface area (Å²) in [5.74, 6) is 0. The van der Waals surface area contributed by atoms with Gasteiger partial charge in [0, 0.05) is 6.04 Å². The van der Waals surface area contributed by atoms with Crippen LogP contribution in [-0.4, -0.2) is 0 Å². The van der Waals surface area contributed by atoms with Gasteiger partial charge < -0.3 is 5.73 Å². The first kappa shape index (κ1) is 10.9. The van der Waals surface area contributed by atoms with E-state index in [2.05, 4.69) is 55.5 Å². The van der Waals surface area contributed by atoms with Gasteiger partial charge in [0.2, 0.25) is 0 Å². The van der Waals surface area contributed by atoms with Crippen molar-refractivity contribution in [3.63, 3.8) is 0 Å². The van der Waals surface area contributed by atoms with Gasteiger partial charge in [-0.05, 0) is 30.5 Å². The Kier molecular flexibility index (Phi) is 3.07. The molecule has 2 rings (SSSR count). The van der Waals surface area contributed by atoms with Crippen molar-refractivity contribution in [1.82, 2.24) is 0 Å². The number of benzene rings is 2. The van der Waals surface area contributed by atoms with Gasteiger partial charge in [-0.2, -0.15) is 0 Å². The molecule has 0 heterocycles. The van der Waals surface area contributed by atoms with Crippen LogP contribution in [0.4, 0.5) is 0 Å². The quantitative estimate of drug-likeness (QED) is 0.805. The van der Waals surface area contributed by atoms with Crippen LogP contribution in [0.25, 0.3) is 11.1 Å². The summed E-state index contributed by atoms with van der Waals surface area (Å²) in [5, 5.41) is 0. The van der Waals surface area contributed by atoms with Crippen molar-refractivity contribution >= 4 is 0 Å². The molecule has 1 unspecified atom stereocenters. The average Bonchev–Trinajstić information content (AvgIpc) is 2.30. The SMILES string of the molecule is Cc1ccc(-c2ccc(C(C)N)cc2)cc1. The summed E-state index contributed by atoms with van der Waals surface area (Å²) in [6.45, 7) is 4.10. The summed E-state index contributed by atoms with van der Waals surface area (Å²) < 4.78 is 0. The molecule has 0 saturated carbocycles. The minimum atomic E-state index is 0.104. The van der Waals surface area contributed by atoms with Crippen LogP contribution in [0.5, 0.6) is 0 Å². The van der Waals surface area contributed by atoms with E-state index in [1.807, 2.05) is 6.92 Å². The topological polar surface area (TPSA) is 26.0 Å². The fourth-order valence-electron chi connectivity index (χ4n) is 1.73. The van der Waals surface area contributed by atoms with Crippen molar-refractivity contribution < 1.29 is 0 Å². The molecule has 0 bridgehead atoms. The van der Waals surface area contributed by atoms with Crippen molar-refractivity contribution in [2.75, 3.05) is 0 Å². The van der Waals surface area contributed by atoms with Crippen molar-refractivity contribution in [3.8, 4) is 11.1 Å². The van der Waals surface area contributed by atoms with Crippen molar-refractivity contribution in [3.05, 3.63) is 59.7 Å². The Morgan fingerprint density at radius 1 is 0.812 bits per heavy atom. The lowest BCUT2D eigenvalue weighted by molar-refractivity contribution is 0.818. The first-order chi connectivity index (χ1) is 7.66. The monoisotopic (exact) mass is 211 g/mol. The van der Waals surface area contributed by atoms with Crippen LogP contribution in [0, 0.1) is 6.92 Å². The number of rotatable bonds is 2. The maximum Gasteiger partial charge on any atom is 0.0266 e. The molecule has 16 heavy (non-hydrogen) atoms. The second kappa shape index (κ2) is 4.50. The second-order valence-corrected chi connectivity index (χ2v) is 4.28. The highest BCUT2D eigenvalue weighted by atomic mass is 14.6. The molecule has 1 heteroatoms. The lowest BCUT2D eigenvalue weighted by atomic mass is 10.0. The maximum absolute atomic E-state index is 5.82. The molecule has 0 aliphatic heterocycles. The zero-order valence-corrected chi connectivity index (χ0v) is 9.77. The molecule has 2 aromatic rings. The minimum absolute atomic E-state index is 0.104. The highest BCUT2D eigenvalue weighted by molar-refractivity contribution is 5.63. The predicted molar refractivity (Wildman–Crippen MR) is 69.2 cm³/mol. The number of hydrogen-bond donors (Lipinski definition) is 1. The fourth-order valence-corrected chi connectivity index (χ4v) is 1.73. The molecular weight excluding hydrogens is 194 g/mol. The summed E-state index contributed by atoms with van der Waals surface area (Å²) in [5.41, 5.74) is 10.8. The van der Waals surface area contributed by atoms with Crippen molar-refractivity contribution in [2.24, 2.45) is 5.73 Å². The third-order valence-electron chi connectivity index (χ3n) is 2.82. The number of nitrogens with two attached hydrogens (primary N) is 1. The van der Waals surface area contributed by atoms with Crippen LogP contribution >= 0.6 is 0 Å². The van der Waals surface area contributed by atoms with Crippen molar-refractivity contribution in [2.45, 2.75) is 19.9 Å². The van der Waals surface area contributed by atoms with E-state index in [1.165, 1.54) is 22.3 Å². The van der Waals surface area contributed by atoms with E-state index in [1.54, 1.807) is 0 Å². The molecule has 82 valence electrons. The smallest absolute Gasteiger partial charge is 0.0266 e. The van der Waals surface area contributed by atoms with Gasteiger partial charge in [-0.15, -0.1) is 0 Å². The molecule has 0 amide bonds. The highest BCUT2D eigenvalue weighted by Gasteiger charge is 2.00. The van der Waals surface area contributed by atoms with Crippen LogP contribution in [0.3, 0.4) is 0 Å². The van der Waals surface area contributed by atoms with Gasteiger partial charge in [0.25, 0.3) is 0 Å². The van der Waals surface area contributed by atoms with E-state index in [-0.39, 0.29) is 6.04 Å². The second-order valence-electron chi connectivity index (χ2n) is 4.28. The number of hydrogen-bond acceptors (Lipinski definition) is 1. The molecule has 0 saturated heterocycles. The van der Waals surface area contributed by atoms with E-state index >= 15 is 0 Å². The van der Waals surface area contributed by atoms with Gasteiger partial charge in [0.1, 0.15) is 0 Å². The van der Waals surface area contributed by atoms with Crippen LogP contribution in [0.1, 0.15) is 24.1 Å². The molecule has 0 aliphatic rings. The van der Waals surface area contributed by atoms with E-state index in [0.717, 1.165) is 0 Å². The van der Waals surface area contributed by atoms with Crippen LogP contribution < -0.4 is 5.73 Å². The fraction of sp³-hybridized carbons (Fsp3) is 0.200. The van der Waals surface area contributed by atoms with Gasteiger partial charge in [0.05, 0.1) is 0 Å². The third-order valence-corrected chi connectivity index (χ3v) is 2.82. The van der Waals surface area contributed by atoms with Gasteiger partial charge in [0.15, 0.2) is 0 Å². The average molecular weight is 211 g/mol. The summed E-state index contributed by atoms with van der Waals surface area (Å²) in [6.07, 6.45) is 0. The van der Waals surface area contributed by atoms with E-state index in [0.29, 0.717) is 0 Å². The summed E-state index contributed by atoms with van der Waals surface area (Å²) in [7, 11) is 0. The normalized spacial score (nSPS) is 12.4. The molecule has 0 aromatic heterocycles. The molecule has 0 radical (unpaired) electrons. The first-order valence-electron chi connectivity index (χ1n) is 5.59. The summed E-state index contributed by atoms with van der Waals surface area (Å²) in [6, 6.07) is 17.1. The Balaban J connectivity index is 2.31. The molecule has 1 atom stereocenters. The first-order valence-corrected chi connectivity index (χ1v) is 5.59. The molecular formula is C15H17N. The Labute approximate surface area is 96.9 Å². The molecule has 0 fully saturated rings. The summed E-state index contributed by atoms with van der Waals surface area (Å²) >= 11 is 0. The van der Waals surface area contributed by atoms with E-state index in [9.17, 15) is 0 Å². The third kappa shape index (κ3) is 2.31. The maximum atomic E-state index is 5.82. The van der Waals surface area contributed by atoms with Crippen LogP contribution in [-0.2, 0) is 0 Å². The highest BCUT2D eigenvalue weighted by Crippen LogP contribution is 2.21. The standard InChI is InChI=1S/C15H17N/c1-11-3-5-14(6-4-11)15-9-7-13(8-10-15)12(2)16/h3-10,12H,16H2,1-2H3. The molecule has 0 aliphatic carbocycles. The zero-order chi connectivity index (χ0) is 11.5. The van der Waals surface area contributed by atoms with Gasteiger partial charge >= 0.3 is 0 Å². The van der Waals surface area contributed by atoms with Crippen LogP contribution in [0.15, 0.2) is 48.5 Å². The zero-order valence-electron chi connectivity index (χ0n) is 9.77. The Morgan fingerprint density at radius 2 is 1.25 bits per heavy atom. The molecule has 2 aromatic carbocycles.